The van der Waals surface area contributed by atoms with Gasteiger partial charge >= 0.3 is 5.97 Å². The monoisotopic (exact) mass is 547 g/mol. The molecule has 0 aliphatic carbocycles. The van der Waals surface area contributed by atoms with Gasteiger partial charge < -0.3 is 23.9 Å². The van der Waals surface area contributed by atoms with Crippen LogP contribution < -0.4 is 29.1 Å². The number of para-hydroxylation sites is 1. The first-order valence-corrected chi connectivity index (χ1v) is 13.2. The first-order chi connectivity index (χ1) is 18.8. The Morgan fingerprint density at radius 1 is 1.10 bits per heavy atom. The highest BCUT2D eigenvalue weighted by Gasteiger charge is 2.34. The highest BCUT2D eigenvalue weighted by atomic mass is 32.1. The SMILES string of the molecule is CCOC(=O)C1=C(C)N=c2s/c(=C\c3c(C)[nH]c4ccccc34)c(=O)n2C1c1cc(OC)c(OC)c(OC)c1. The molecule has 0 spiro atoms. The third kappa shape index (κ3) is 4.40. The molecule has 2 aromatic carbocycles. The van der Waals surface area contributed by atoms with Crippen LogP contribution in [0.25, 0.3) is 17.0 Å². The predicted molar refractivity (Wildman–Crippen MR) is 150 cm³/mol. The average Bonchev–Trinajstić information content (AvgIpc) is 3.42. The standard InChI is InChI=1S/C29H29N3O6S/c1-7-38-28(34)24-16(3)31-29-32(25(24)17-12-21(35-4)26(37-6)22(13-17)36-5)27(33)23(39-29)14-19-15(2)30-20-11-9-8-10-18(19)20/h8-14,25,30H,7H2,1-6H3/b23-14-. The van der Waals surface area contributed by atoms with Crippen molar-refractivity contribution in [1.82, 2.24) is 9.55 Å². The molecule has 3 heterocycles. The molecule has 0 fully saturated rings. The molecule has 1 aliphatic rings. The summed E-state index contributed by atoms with van der Waals surface area (Å²) in [4.78, 5) is 35.8. The second-order valence-corrected chi connectivity index (χ2v) is 9.98. The molecule has 2 aromatic heterocycles. The number of nitrogens with zero attached hydrogens (tertiary/aromatic N) is 2. The normalized spacial score (nSPS) is 15.2. The number of allylic oxidation sites excluding steroid dienone is 1. The van der Waals surface area contributed by atoms with Crippen molar-refractivity contribution in [2.75, 3.05) is 27.9 Å². The topological polar surface area (TPSA) is 104 Å². The van der Waals surface area contributed by atoms with Crippen molar-refractivity contribution in [3.05, 3.63) is 84.2 Å². The van der Waals surface area contributed by atoms with Gasteiger partial charge in [0.1, 0.15) is 0 Å². The van der Waals surface area contributed by atoms with E-state index in [-0.39, 0.29) is 17.7 Å². The van der Waals surface area contributed by atoms with E-state index < -0.39 is 12.0 Å². The maximum absolute atomic E-state index is 14.0. The minimum absolute atomic E-state index is 0.182. The summed E-state index contributed by atoms with van der Waals surface area (Å²) >= 11 is 1.28. The smallest absolute Gasteiger partial charge is 0.338 e. The number of benzene rings is 2. The van der Waals surface area contributed by atoms with Gasteiger partial charge in [-0.25, -0.2) is 9.79 Å². The third-order valence-electron chi connectivity index (χ3n) is 6.74. The van der Waals surface area contributed by atoms with Crippen LogP contribution in [0.5, 0.6) is 17.2 Å². The summed E-state index contributed by atoms with van der Waals surface area (Å²) in [6, 6.07) is 10.6. The van der Waals surface area contributed by atoms with Crippen molar-refractivity contribution in [2.24, 2.45) is 4.99 Å². The first-order valence-electron chi connectivity index (χ1n) is 12.4. The molecular formula is C29H29N3O6S. The minimum Gasteiger partial charge on any atom is -0.493 e. The number of rotatable bonds is 7. The molecule has 0 radical (unpaired) electrons. The summed E-state index contributed by atoms with van der Waals surface area (Å²) in [7, 11) is 4.55. The largest absolute Gasteiger partial charge is 0.493 e. The summed E-state index contributed by atoms with van der Waals surface area (Å²) in [5.74, 6) is 0.672. The number of fused-ring (bicyclic) bond motifs is 2. The van der Waals surface area contributed by atoms with Gasteiger partial charge in [-0.2, -0.15) is 0 Å². The first kappa shape index (κ1) is 26.3. The van der Waals surface area contributed by atoms with Crippen LogP contribution >= 0.6 is 11.3 Å². The van der Waals surface area contributed by atoms with Crippen molar-refractivity contribution >= 4 is 34.3 Å². The molecule has 39 heavy (non-hydrogen) atoms. The van der Waals surface area contributed by atoms with Crippen LogP contribution in [0.1, 0.15) is 36.7 Å². The number of carbonyl (C=O) groups excluding carboxylic acids is 1. The highest BCUT2D eigenvalue weighted by molar-refractivity contribution is 7.07. The number of hydrogen-bond donors (Lipinski definition) is 1. The van der Waals surface area contributed by atoms with Gasteiger partial charge in [0.2, 0.25) is 5.75 Å². The molecule has 4 aromatic rings. The molecule has 202 valence electrons. The number of aromatic nitrogens is 2. The van der Waals surface area contributed by atoms with Crippen LogP contribution in [0.2, 0.25) is 0 Å². The lowest BCUT2D eigenvalue weighted by Gasteiger charge is -2.26. The molecule has 1 aliphatic heterocycles. The van der Waals surface area contributed by atoms with Gasteiger partial charge in [0.25, 0.3) is 5.56 Å². The van der Waals surface area contributed by atoms with E-state index >= 15 is 0 Å². The van der Waals surface area contributed by atoms with Crippen molar-refractivity contribution in [2.45, 2.75) is 26.8 Å². The summed E-state index contributed by atoms with van der Waals surface area (Å²) in [6.07, 6.45) is 1.88. The zero-order valence-electron chi connectivity index (χ0n) is 22.6. The number of ether oxygens (including phenoxy) is 4. The molecule has 10 heteroatoms. The number of hydrogen-bond acceptors (Lipinski definition) is 8. The van der Waals surface area contributed by atoms with Gasteiger partial charge in [-0.05, 0) is 50.6 Å². The van der Waals surface area contributed by atoms with Gasteiger partial charge in [0.15, 0.2) is 16.3 Å². The van der Waals surface area contributed by atoms with E-state index in [1.807, 2.05) is 37.3 Å². The Hall–Kier alpha value is -4.31. The fraction of sp³-hybridized carbons (Fsp3) is 0.276. The fourth-order valence-corrected chi connectivity index (χ4v) is 6.01. The van der Waals surface area contributed by atoms with Crippen LogP contribution in [0.15, 0.2) is 57.5 Å². The van der Waals surface area contributed by atoms with Gasteiger partial charge in [0, 0.05) is 22.2 Å². The molecule has 1 atom stereocenters. The maximum Gasteiger partial charge on any atom is 0.338 e. The molecule has 1 unspecified atom stereocenters. The second kappa shape index (κ2) is 10.5. The summed E-state index contributed by atoms with van der Waals surface area (Å²) < 4.78 is 24.1. The van der Waals surface area contributed by atoms with E-state index in [1.54, 1.807) is 30.5 Å². The van der Waals surface area contributed by atoms with Crippen molar-refractivity contribution in [1.29, 1.82) is 0 Å². The predicted octanol–water partition coefficient (Wildman–Crippen LogP) is 3.61. The number of methoxy groups -OCH3 is 3. The van der Waals surface area contributed by atoms with Gasteiger partial charge in [-0.3, -0.25) is 9.36 Å². The van der Waals surface area contributed by atoms with E-state index in [0.717, 1.165) is 22.2 Å². The molecule has 0 bridgehead atoms. The van der Waals surface area contributed by atoms with E-state index in [4.69, 9.17) is 18.9 Å². The van der Waals surface area contributed by atoms with Crippen LogP contribution in [-0.4, -0.2) is 43.5 Å². The number of H-pyrrole nitrogens is 1. The molecular weight excluding hydrogens is 518 g/mol. The molecule has 5 rings (SSSR count). The van der Waals surface area contributed by atoms with E-state index in [2.05, 4.69) is 9.98 Å². The third-order valence-corrected chi connectivity index (χ3v) is 7.72. The van der Waals surface area contributed by atoms with Gasteiger partial charge in [-0.1, -0.05) is 29.5 Å². The van der Waals surface area contributed by atoms with E-state index in [9.17, 15) is 9.59 Å². The van der Waals surface area contributed by atoms with E-state index in [1.165, 1.54) is 32.7 Å². The van der Waals surface area contributed by atoms with Crippen LogP contribution in [0.4, 0.5) is 0 Å². The number of esters is 1. The Bertz CT molecular complexity index is 1790. The Kier molecular flexibility index (Phi) is 7.05. The summed E-state index contributed by atoms with van der Waals surface area (Å²) in [5, 5.41) is 1.02. The lowest BCUT2D eigenvalue weighted by atomic mass is 9.95. The number of thiazole rings is 1. The Morgan fingerprint density at radius 2 is 1.79 bits per heavy atom. The number of carbonyl (C=O) groups is 1. The number of aryl methyl sites for hydroxylation is 1. The summed E-state index contributed by atoms with van der Waals surface area (Å²) in [5.41, 5.74) is 3.95. The van der Waals surface area contributed by atoms with Crippen LogP contribution in [0, 0.1) is 6.92 Å². The van der Waals surface area contributed by atoms with Crippen LogP contribution in [0.3, 0.4) is 0 Å². The molecule has 9 nitrogen and oxygen atoms in total. The molecule has 0 amide bonds. The van der Waals surface area contributed by atoms with Gasteiger partial charge in [-0.15, -0.1) is 0 Å². The average molecular weight is 548 g/mol. The Morgan fingerprint density at radius 3 is 2.44 bits per heavy atom. The molecule has 1 N–H and O–H groups in total. The van der Waals surface area contributed by atoms with Crippen LogP contribution in [-0.2, 0) is 9.53 Å². The quantitative estimate of drug-likeness (QED) is 0.355. The van der Waals surface area contributed by atoms with Gasteiger partial charge in [0.05, 0.1) is 49.8 Å². The Labute approximate surface area is 228 Å². The minimum atomic E-state index is -0.819. The maximum atomic E-state index is 14.0. The van der Waals surface area contributed by atoms with Crippen molar-refractivity contribution < 1.29 is 23.7 Å². The van der Waals surface area contributed by atoms with Crippen molar-refractivity contribution in [3.63, 3.8) is 0 Å². The van der Waals surface area contributed by atoms with E-state index in [0.29, 0.717) is 37.8 Å². The highest BCUT2D eigenvalue weighted by Crippen LogP contribution is 2.42. The summed E-state index contributed by atoms with van der Waals surface area (Å²) in [6.45, 7) is 5.64. The molecule has 0 saturated heterocycles. The van der Waals surface area contributed by atoms with Crippen molar-refractivity contribution in [3.8, 4) is 17.2 Å². The molecule has 0 saturated carbocycles. The fourth-order valence-electron chi connectivity index (χ4n) is 4.98. The zero-order valence-corrected chi connectivity index (χ0v) is 23.4. The lowest BCUT2D eigenvalue weighted by molar-refractivity contribution is -0.139. The second-order valence-electron chi connectivity index (χ2n) is 8.97. The Balaban J connectivity index is 1.80. The lowest BCUT2D eigenvalue weighted by Crippen LogP contribution is -2.40. The number of aromatic amines is 1. The zero-order chi connectivity index (χ0) is 27.8. The number of nitrogens with one attached hydrogen (secondary N) is 1.